The summed E-state index contributed by atoms with van der Waals surface area (Å²) in [6.07, 6.45) is 5.64. The van der Waals surface area contributed by atoms with E-state index < -0.39 is 10.2 Å². The predicted molar refractivity (Wildman–Crippen MR) is 68.0 cm³/mol. The fraction of sp³-hybridized carbons (Fsp3) is 0.600. The molecule has 1 aromatic heterocycles. The molecule has 8 heteroatoms. The molecule has 100 valence electrons. The fourth-order valence-corrected chi connectivity index (χ4v) is 3.46. The Bertz CT molecular complexity index is 478. The zero-order chi connectivity index (χ0) is 13.0. The lowest BCUT2D eigenvalue weighted by atomic mass is 10.1. The van der Waals surface area contributed by atoms with Crippen molar-refractivity contribution in [2.24, 2.45) is 5.73 Å². The van der Waals surface area contributed by atoms with Crippen LogP contribution in [0.15, 0.2) is 18.5 Å². The minimum Gasteiger partial charge on any atom is -0.329 e. The normalized spacial score (nSPS) is 21.7. The van der Waals surface area contributed by atoms with Gasteiger partial charge in [-0.25, -0.2) is 14.7 Å². The molecule has 0 bridgehead atoms. The van der Waals surface area contributed by atoms with Crippen molar-refractivity contribution in [1.82, 2.24) is 14.3 Å². The first-order valence-electron chi connectivity index (χ1n) is 5.90. The minimum atomic E-state index is -3.62. The van der Waals surface area contributed by atoms with E-state index in [0.717, 1.165) is 19.3 Å². The average molecular weight is 271 g/mol. The smallest absolute Gasteiger partial charge is 0.304 e. The number of nitrogens with one attached hydrogen (secondary N) is 1. The lowest BCUT2D eigenvalue weighted by molar-refractivity contribution is 0.259. The number of anilines is 1. The molecule has 18 heavy (non-hydrogen) atoms. The van der Waals surface area contributed by atoms with Crippen LogP contribution in [0.25, 0.3) is 0 Å². The number of hydrogen-bond acceptors (Lipinski definition) is 5. The summed E-state index contributed by atoms with van der Waals surface area (Å²) in [5.41, 5.74) is 5.62. The van der Waals surface area contributed by atoms with Crippen molar-refractivity contribution >= 4 is 16.2 Å². The van der Waals surface area contributed by atoms with E-state index in [2.05, 4.69) is 14.7 Å². The molecule has 0 saturated carbocycles. The highest BCUT2D eigenvalue weighted by Gasteiger charge is 2.31. The largest absolute Gasteiger partial charge is 0.329 e. The van der Waals surface area contributed by atoms with Gasteiger partial charge in [-0.15, -0.1) is 0 Å². The average Bonchev–Trinajstić information content (AvgIpc) is 2.39. The molecule has 1 saturated heterocycles. The van der Waals surface area contributed by atoms with E-state index in [1.807, 2.05) is 0 Å². The van der Waals surface area contributed by atoms with Gasteiger partial charge in [0, 0.05) is 31.5 Å². The fourth-order valence-electron chi connectivity index (χ4n) is 2.05. The van der Waals surface area contributed by atoms with Crippen LogP contribution in [-0.4, -0.2) is 41.8 Å². The van der Waals surface area contributed by atoms with Crippen LogP contribution in [0.5, 0.6) is 0 Å². The molecular formula is C10H17N5O2S. The summed E-state index contributed by atoms with van der Waals surface area (Å²) in [4.78, 5) is 7.70. The summed E-state index contributed by atoms with van der Waals surface area (Å²) in [6, 6.07) is 1.49. The van der Waals surface area contributed by atoms with Gasteiger partial charge in [0.05, 0.1) is 0 Å². The van der Waals surface area contributed by atoms with Gasteiger partial charge in [-0.1, -0.05) is 6.42 Å². The van der Waals surface area contributed by atoms with Gasteiger partial charge in [0.25, 0.3) is 0 Å². The maximum absolute atomic E-state index is 12.2. The summed E-state index contributed by atoms with van der Waals surface area (Å²) in [5, 5.41) is 0. The molecule has 2 rings (SSSR count). The molecule has 0 amide bonds. The third-order valence-corrected chi connectivity index (χ3v) is 4.48. The Morgan fingerprint density at radius 2 is 2.11 bits per heavy atom. The van der Waals surface area contributed by atoms with Gasteiger partial charge in [-0.3, -0.25) is 0 Å². The van der Waals surface area contributed by atoms with Crippen LogP contribution in [-0.2, 0) is 10.2 Å². The molecule has 1 unspecified atom stereocenters. The highest BCUT2D eigenvalue weighted by Crippen LogP contribution is 2.20. The SMILES string of the molecule is NCC1CCCCN1S(=O)(=O)Nc1ncccn1. The summed E-state index contributed by atoms with van der Waals surface area (Å²) in [6.45, 7) is 0.820. The van der Waals surface area contributed by atoms with E-state index in [1.165, 1.54) is 16.7 Å². The zero-order valence-electron chi connectivity index (χ0n) is 9.99. The summed E-state index contributed by atoms with van der Waals surface area (Å²) in [7, 11) is -3.62. The van der Waals surface area contributed by atoms with Crippen LogP contribution in [0.3, 0.4) is 0 Å². The lowest BCUT2D eigenvalue weighted by Gasteiger charge is -2.33. The number of aromatic nitrogens is 2. The molecule has 0 radical (unpaired) electrons. The third kappa shape index (κ3) is 2.95. The molecule has 0 aromatic carbocycles. The van der Waals surface area contributed by atoms with Gasteiger partial charge in [0.1, 0.15) is 0 Å². The first-order chi connectivity index (χ1) is 8.63. The van der Waals surface area contributed by atoms with Crippen molar-refractivity contribution in [1.29, 1.82) is 0 Å². The Kier molecular flexibility index (Phi) is 4.10. The van der Waals surface area contributed by atoms with Crippen LogP contribution in [0.1, 0.15) is 19.3 Å². The van der Waals surface area contributed by atoms with Gasteiger partial charge in [-0.2, -0.15) is 12.7 Å². The van der Waals surface area contributed by atoms with Gasteiger partial charge >= 0.3 is 10.2 Å². The van der Waals surface area contributed by atoms with Crippen LogP contribution >= 0.6 is 0 Å². The van der Waals surface area contributed by atoms with Crippen molar-refractivity contribution in [3.05, 3.63) is 18.5 Å². The zero-order valence-corrected chi connectivity index (χ0v) is 10.8. The van der Waals surface area contributed by atoms with E-state index in [4.69, 9.17) is 5.73 Å². The van der Waals surface area contributed by atoms with Crippen molar-refractivity contribution in [3.63, 3.8) is 0 Å². The second-order valence-corrected chi connectivity index (χ2v) is 5.80. The Labute approximate surface area is 107 Å². The molecule has 0 spiro atoms. The Hall–Kier alpha value is -1.25. The first kappa shape index (κ1) is 13.2. The maximum Gasteiger partial charge on any atom is 0.304 e. The molecule has 0 aliphatic carbocycles. The monoisotopic (exact) mass is 271 g/mol. The predicted octanol–water partition coefficient (Wildman–Crippen LogP) is -0.0535. The minimum absolute atomic E-state index is 0.0823. The van der Waals surface area contributed by atoms with Gasteiger partial charge in [-0.05, 0) is 18.9 Å². The molecule has 1 aromatic rings. The van der Waals surface area contributed by atoms with Crippen molar-refractivity contribution in [2.45, 2.75) is 25.3 Å². The third-order valence-electron chi connectivity index (χ3n) is 2.94. The summed E-state index contributed by atoms with van der Waals surface area (Å²) >= 11 is 0. The number of nitrogens with zero attached hydrogens (tertiary/aromatic N) is 3. The molecule has 2 heterocycles. The van der Waals surface area contributed by atoms with Crippen molar-refractivity contribution in [2.75, 3.05) is 17.8 Å². The molecule has 3 N–H and O–H groups in total. The molecule has 1 fully saturated rings. The van der Waals surface area contributed by atoms with Crippen molar-refractivity contribution < 1.29 is 8.42 Å². The summed E-state index contributed by atoms with van der Waals surface area (Å²) < 4.78 is 28.2. The Morgan fingerprint density at radius 1 is 1.39 bits per heavy atom. The highest BCUT2D eigenvalue weighted by atomic mass is 32.2. The second-order valence-electron chi connectivity index (χ2n) is 4.18. The molecular weight excluding hydrogens is 254 g/mol. The van der Waals surface area contributed by atoms with E-state index in [0.29, 0.717) is 13.1 Å². The van der Waals surface area contributed by atoms with E-state index in [9.17, 15) is 8.42 Å². The molecule has 1 aliphatic heterocycles. The lowest BCUT2D eigenvalue weighted by Crippen LogP contribution is -2.49. The van der Waals surface area contributed by atoms with Gasteiger partial charge in [0.2, 0.25) is 5.95 Å². The van der Waals surface area contributed by atoms with Crippen LogP contribution < -0.4 is 10.5 Å². The quantitative estimate of drug-likeness (QED) is 0.799. The number of hydrogen-bond donors (Lipinski definition) is 2. The van der Waals surface area contributed by atoms with Crippen LogP contribution in [0, 0.1) is 0 Å². The van der Waals surface area contributed by atoms with Crippen LogP contribution in [0.2, 0.25) is 0 Å². The van der Waals surface area contributed by atoms with E-state index in [1.54, 1.807) is 6.07 Å². The second kappa shape index (κ2) is 5.59. The Morgan fingerprint density at radius 3 is 2.78 bits per heavy atom. The number of piperidine rings is 1. The standard InChI is InChI=1S/C10H17N5O2S/c11-8-9-4-1-2-7-15(9)18(16,17)14-10-12-5-3-6-13-10/h3,5-6,9H,1-2,4,7-8,11H2,(H,12,13,14). The molecule has 1 aliphatic rings. The van der Waals surface area contributed by atoms with Crippen molar-refractivity contribution in [3.8, 4) is 0 Å². The maximum atomic E-state index is 12.2. The van der Waals surface area contributed by atoms with E-state index in [-0.39, 0.29) is 12.0 Å². The summed E-state index contributed by atoms with van der Waals surface area (Å²) in [5.74, 6) is 0.0823. The molecule has 7 nitrogen and oxygen atoms in total. The molecule has 1 atom stereocenters. The van der Waals surface area contributed by atoms with E-state index >= 15 is 0 Å². The Balaban J connectivity index is 2.14. The first-order valence-corrected chi connectivity index (χ1v) is 7.34. The topological polar surface area (TPSA) is 101 Å². The van der Waals surface area contributed by atoms with Gasteiger partial charge in [0.15, 0.2) is 0 Å². The van der Waals surface area contributed by atoms with Gasteiger partial charge < -0.3 is 5.73 Å². The highest BCUT2D eigenvalue weighted by molar-refractivity contribution is 7.90. The number of rotatable bonds is 4. The number of nitrogens with two attached hydrogens (primary N) is 1. The van der Waals surface area contributed by atoms with Crippen LogP contribution in [0.4, 0.5) is 5.95 Å².